The first-order valence-electron chi connectivity index (χ1n) is 13.0. The van der Waals surface area contributed by atoms with Crippen molar-refractivity contribution in [2.45, 2.75) is 19.3 Å². The minimum absolute atomic E-state index is 0.248. The van der Waals surface area contributed by atoms with Gasteiger partial charge in [-0.15, -0.1) is 0 Å². The molecule has 0 N–H and O–H groups in total. The van der Waals surface area contributed by atoms with Crippen molar-refractivity contribution in [2.75, 3.05) is 4.90 Å². The summed E-state index contributed by atoms with van der Waals surface area (Å²) in [6.07, 6.45) is 0. The van der Waals surface area contributed by atoms with E-state index >= 15 is 17.6 Å². The van der Waals surface area contributed by atoms with Crippen LogP contribution in [0.3, 0.4) is 0 Å². The molecule has 0 radical (unpaired) electrons. The Morgan fingerprint density at radius 1 is 0.409 bits per heavy atom. The van der Waals surface area contributed by atoms with E-state index in [1.165, 1.54) is 17.0 Å². The number of anilines is 3. The molecule has 0 atom stereocenters. The van der Waals surface area contributed by atoms with Crippen molar-refractivity contribution in [1.82, 2.24) is 0 Å². The Kier molecular flexibility index (Phi) is 6.75. The van der Waals surface area contributed by atoms with Crippen LogP contribution in [0.15, 0.2) is 66.7 Å². The lowest BCUT2D eigenvalue weighted by molar-refractivity contribution is 0.381. The molecular formula is C33H17F10N. The highest BCUT2D eigenvalue weighted by Crippen LogP contribution is 2.56. The molecule has 6 rings (SSSR count). The SMILES string of the molecule is CC1(C)c2ccccc2N(c2c(-c3c(F)c(F)c(F)c(F)c3F)cccc2-c2c(F)c(F)c(F)c(F)c2F)c2ccccc21. The van der Waals surface area contributed by atoms with Crippen LogP contribution < -0.4 is 4.90 Å². The van der Waals surface area contributed by atoms with Crippen LogP contribution in [0.5, 0.6) is 0 Å². The molecule has 224 valence electrons. The van der Waals surface area contributed by atoms with Gasteiger partial charge in [0.15, 0.2) is 46.5 Å². The van der Waals surface area contributed by atoms with E-state index < -0.39 is 91.5 Å². The average molecular weight is 617 g/mol. The van der Waals surface area contributed by atoms with E-state index in [0.29, 0.717) is 11.1 Å². The Bertz CT molecular complexity index is 1820. The van der Waals surface area contributed by atoms with Crippen molar-refractivity contribution in [2.24, 2.45) is 0 Å². The largest absolute Gasteiger partial charge is 0.309 e. The Morgan fingerprint density at radius 3 is 1.09 bits per heavy atom. The van der Waals surface area contributed by atoms with Crippen molar-refractivity contribution in [3.05, 3.63) is 136 Å². The first kappa shape index (κ1) is 29.3. The summed E-state index contributed by atoms with van der Waals surface area (Å²) in [5.74, 6) is -23.2. The van der Waals surface area contributed by atoms with Gasteiger partial charge in [0, 0.05) is 16.5 Å². The van der Waals surface area contributed by atoms with Crippen LogP contribution in [0.1, 0.15) is 25.0 Å². The summed E-state index contributed by atoms with van der Waals surface area (Å²) in [5.41, 5.74) is -4.22. The summed E-state index contributed by atoms with van der Waals surface area (Å²) >= 11 is 0. The smallest absolute Gasteiger partial charge is 0.200 e. The van der Waals surface area contributed by atoms with Crippen LogP contribution in [0.2, 0.25) is 0 Å². The van der Waals surface area contributed by atoms with Gasteiger partial charge in [-0.3, -0.25) is 0 Å². The quantitative estimate of drug-likeness (QED) is 0.111. The van der Waals surface area contributed by atoms with Crippen LogP contribution in [-0.2, 0) is 5.41 Å². The Morgan fingerprint density at radius 2 is 0.727 bits per heavy atom. The number of rotatable bonds is 3. The van der Waals surface area contributed by atoms with E-state index in [-0.39, 0.29) is 11.4 Å². The minimum Gasteiger partial charge on any atom is -0.309 e. The topological polar surface area (TPSA) is 3.24 Å². The third-order valence-corrected chi connectivity index (χ3v) is 7.85. The van der Waals surface area contributed by atoms with Gasteiger partial charge in [0.1, 0.15) is 0 Å². The van der Waals surface area contributed by atoms with Gasteiger partial charge >= 0.3 is 0 Å². The fourth-order valence-electron chi connectivity index (χ4n) is 5.78. The summed E-state index contributed by atoms with van der Waals surface area (Å²) in [4.78, 5) is 1.25. The first-order valence-corrected chi connectivity index (χ1v) is 13.0. The highest BCUT2D eigenvalue weighted by Gasteiger charge is 2.40. The molecule has 0 fully saturated rings. The van der Waals surface area contributed by atoms with Crippen LogP contribution in [0.4, 0.5) is 61.0 Å². The van der Waals surface area contributed by atoms with Gasteiger partial charge in [-0.25, -0.2) is 43.9 Å². The van der Waals surface area contributed by atoms with Gasteiger partial charge in [-0.05, 0) is 23.3 Å². The Labute approximate surface area is 243 Å². The fourth-order valence-corrected chi connectivity index (χ4v) is 5.78. The van der Waals surface area contributed by atoms with Crippen molar-refractivity contribution in [3.8, 4) is 22.3 Å². The zero-order valence-electron chi connectivity index (χ0n) is 22.6. The Hall–Kier alpha value is -4.80. The summed E-state index contributed by atoms with van der Waals surface area (Å²) in [6, 6.07) is 15.7. The third-order valence-electron chi connectivity index (χ3n) is 7.85. The minimum atomic E-state index is -2.45. The van der Waals surface area contributed by atoms with E-state index in [4.69, 9.17) is 0 Å². The molecule has 11 heteroatoms. The number of hydrogen-bond acceptors (Lipinski definition) is 1. The predicted octanol–water partition coefficient (Wildman–Crippen LogP) is 10.5. The van der Waals surface area contributed by atoms with E-state index in [9.17, 15) is 26.3 Å². The van der Waals surface area contributed by atoms with Crippen molar-refractivity contribution < 1.29 is 43.9 Å². The van der Waals surface area contributed by atoms with Gasteiger partial charge in [0.05, 0.1) is 28.2 Å². The molecule has 0 bridgehead atoms. The molecule has 44 heavy (non-hydrogen) atoms. The molecule has 0 saturated heterocycles. The second kappa shape index (κ2) is 10.1. The van der Waals surface area contributed by atoms with Gasteiger partial charge in [-0.1, -0.05) is 68.4 Å². The molecule has 0 aromatic heterocycles. The monoisotopic (exact) mass is 617 g/mol. The molecule has 1 aliphatic heterocycles. The van der Waals surface area contributed by atoms with Crippen molar-refractivity contribution in [1.29, 1.82) is 0 Å². The summed E-state index contributed by atoms with van der Waals surface area (Å²) < 4.78 is 148. The maximum atomic E-state index is 15.4. The molecule has 0 amide bonds. The highest BCUT2D eigenvalue weighted by atomic mass is 19.2. The number of hydrogen-bond donors (Lipinski definition) is 0. The molecular weight excluding hydrogens is 600 g/mol. The summed E-state index contributed by atoms with van der Waals surface area (Å²) in [5, 5.41) is 0. The second-order valence-electron chi connectivity index (χ2n) is 10.6. The van der Waals surface area contributed by atoms with Gasteiger partial charge in [0.25, 0.3) is 0 Å². The molecule has 0 aliphatic carbocycles. The average Bonchev–Trinajstić information content (AvgIpc) is 3.02. The second-order valence-corrected chi connectivity index (χ2v) is 10.6. The van der Waals surface area contributed by atoms with E-state index in [1.807, 2.05) is 13.8 Å². The number of para-hydroxylation sites is 3. The molecule has 0 spiro atoms. The Balaban J connectivity index is 1.85. The van der Waals surface area contributed by atoms with Crippen LogP contribution in [-0.4, -0.2) is 0 Å². The van der Waals surface area contributed by atoms with Crippen LogP contribution in [0.25, 0.3) is 22.3 Å². The van der Waals surface area contributed by atoms with E-state index in [2.05, 4.69) is 0 Å². The maximum absolute atomic E-state index is 15.4. The van der Waals surface area contributed by atoms with Crippen molar-refractivity contribution >= 4 is 17.1 Å². The lowest BCUT2D eigenvalue weighted by Gasteiger charge is -2.43. The molecule has 0 saturated carbocycles. The highest BCUT2D eigenvalue weighted by molar-refractivity contribution is 6.00. The lowest BCUT2D eigenvalue weighted by atomic mass is 9.73. The maximum Gasteiger partial charge on any atom is 0.200 e. The zero-order chi connectivity index (χ0) is 31.8. The molecule has 1 aliphatic rings. The van der Waals surface area contributed by atoms with E-state index in [0.717, 1.165) is 18.2 Å². The first-order chi connectivity index (χ1) is 20.8. The van der Waals surface area contributed by atoms with E-state index in [1.54, 1.807) is 36.4 Å². The zero-order valence-corrected chi connectivity index (χ0v) is 22.6. The van der Waals surface area contributed by atoms with Gasteiger partial charge < -0.3 is 4.90 Å². The molecule has 0 unspecified atom stereocenters. The standard InChI is InChI=1S/C33H17F10N/c1-33(2)16-10-3-5-12-18(16)44(19-13-6-4-11-17(19)33)32-14(20-22(34)26(38)30(42)27(39)23(20)35)8-7-9-15(32)21-24(36)28(40)31(43)29(41)25(21)37/h3-13H,1-2H3. The van der Waals surface area contributed by atoms with Gasteiger partial charge in [-0.2, -0.15) is 0 Å². The molecule has 5 aromatic carbocycles. The van der Waals surface area contributed by atoms with Crippen LogP contribution >= 0.6 is 0 Å². The normalized spacial score (nSPS) is 13.6. The third kappa shape index (κ3) is 3.94. The fraction of sp³-hybridized carbons (Fsp3) is 0.0909. The van der Waals surface area contributed by atoms with Gasteiger partial charge in [0.2, 0.25) is 11.6 Å². The number of benzene rings is 5. The van der Waals surface area contributed by atoms with Crippen LogP contribution in [0, 0.1) is 58.2 Å². The summed E-state index contributed by atoms with van der Waals surface area (Å²) in [7, 11) is 0. The number of nitrogens with zero attached hydrogens (tertiary/aromatic N) is 1. The number of halogens is 10. The molecule has 1 nitrogen and oxygen atoms in total. The number of fused-ring (bicyclic) bond motifs is 2. The molecule has 1 heterocycles. The van der Waals surface area contributed by atoms with Crippen molar-refractivity contribution in [3.63, 3.8) is 0 Å². The summed E-state index contributed by atoms with van der Waals surface area (Å²) in [6.45, 7) is 3.70. The molecule has 5 aromatic rings. The predicted molar refractivity (Wildman–Crippen MR) is 144 cm³/mol. The lowest BCUT2D eigenvalue weighted by Crippen LogP contribution is -2.31.